The van der Waals surface area contributed by atoms with Gasteiger partial charge in [-0.1, -0.05) is 0 Å². The van der Waals surface area contributed by atoms with E-state index in [0.717, 1.165) is 11.3 Å². The number of hydrogen-bond acceptors (Lipinski definition) is 3. The molecule has 0 aliphatic heterocycles. The van der Waals surface area contributed by atoms with Gasteiger partial charge in [0.25, 0.3) is 0 Å². The van der Waals surface area contributed by atoms with Crippen molar-refractivity contribution in [1.29, 1.82) is 0 Å². The smallest absolute Gasteiger partial charge is 0.333 e. The minimum absolute atomic E-state index is 0. The van der Waals surface area contributed by atoms with Gasteiger partial charge >= 0.3 is 6.55 Å². The molecule has 0 aliphatic rings. The van der Waals surface area contributed by atoms with Gasteiger partial charge in [0, 0.05) is 23.8 Å². The molecule has 5 nitrogen and oxygen atoms in total. The van der Waals surface area contributed by atoms with Crippen molar-refractivity contribution in [2.75, 3.05) is 5.32 Å². The van der Waals surface area contributed by atoms with Crippen LogP contribution < -0.4 is 5.32 Å². The Labute approximate surface area is 128 Å². The number of aryl methyl sites for hydroxylation is 1. The minimum Gasteiger partial charge on any atom is -0.378 e. The van der Waals surface area contributed by atoms with E-state index in [4.69, 9.17) is 0 Å². The molecule has 0 atom stereocenters. The van der Waals surface area contributed by atoms with Gasteiger partial charge in [0.05, 0.1) is 23.8 Å². The lowest BCUT2D eigenvalue weighted by atomic mass is 10.2. The molecule has 1 N–H and O–H groups in total. The quantitative estimate of drug-likeness (QED) is 0.914. The molecule has 2 aromatic rings. The Kier molecular flexibility index (Phi) is 5.71. The summed E-state index contributed by atoms with van der Waals surface area (Å²) in [5.41, 5.74) is 3.29. The summed E-state index contributed by atoms with van der Waals surface area (Å²) in [5.74, 6) is 0. The van der Waals surface area contributed by atoms with Crippen LogP contribution >= 0.6 is 12.4 Å². The summed E-state index contributed by atoms with van der Waals surface area (Å²) >= 11 is 0. The van der Waals surface area contributed by atoms with Crippen molar-refractivity contribution in [3.05, 3.63) is 29.3 Å². The van der Waals surface area contributed by atoms with Crippen LogP contribution in [0.4, 0.5) is 14.5 Å². The molecule has 0 saturated carbocycles. The van der Waals surface area contributed by atoms with Gasteiger partial charge in [0.2, 0.25) is 0 Å². The molecule has 0 aromatic carbocycles. The van der Waals surface area contributed by atoms with Crippen molar-refractivity contribution in [2.24, 2.45) is 0 Å². The molecule has 0 fully saturated rings. The molecular weight excluding hydrogens is 300 g/mol. The summed E-state index contributed by atoms with van der Waals surface area (Å²) in [4.78, 5) is 0. The number of nitrogens with zero attached hydrogens (tertiary/aromatic N) is 4. The van der Waals surface area contributed by atoms with Crippen molar-refractivity contribution in [1.82, 2.24) is 19.6 Å². The monoisotopic (exact) mass is 319 g/mol. The Morgan fingerprint density at radius 1 is 1.29 bits per heavy atom. The second-order valence-corrected chi connectivity index (χ2v) is 5.03. The zero-order chi connectivity index (χ0) is 14.9. The summed E-state index contributed by atoms with van der Waals surface area (Å²) in [6.07, 6.45) is 3.12. The minimum atomic E-state index is -2.62. The normalized spacial score (nSPS) is 11.0. The highest BCUT2D eigenvalue weighted by atomic mass is 35.5. The van der Waals surface area contributed by atoms with E-state index in [1.54, 1.807) is 13.1 Å². The van der Waals surface area contributed by atoms with Gasteiger partial charge in [-0.3, -0.25) is 4.68 Å². The van der Waals surface area contributed by atoms with Gasteiger partial charge in [0.15, 0.2) is 0 Å². The van der Waals surface area contributed by atoms with Crippen molar-refractivity contribution in [3.8, 4) is 0 Å². The van der Waals surface area contributed by atoms with Crippen LogP contribution in [0.5, 0.6) is 0 Å². The lowest BCUT2D eigenvalue weighted by Gasteiger charge is -2.09. The fraction of sp³-hybridized carbons (Fsp3) is 0.538. The van der Waals surface area contributed by atoms with Crippen molar-refractivity contribution < 1.29 is 8.78 Å². The molecule has 21 heavy (non-hydrogen) atoms. The van der Waals surface area contributed by atoms with E-state index in [-0.39, 0.29) is 12.4 Å². The molecule has 0 radical (unpaired) electrons. The highest BCUT2D eigenvalue weighted by Gasteiger charge is 2.13. The van der Waals surface area contributed by atoms with Crippen LogP contribution in [0.1, 0.15) is 43.4 Å². The molecular formula is C13H20ClF2N5. The maximum atomic E-state index is 12.5. The van der Waals surface area contributed by atoms with Crippen LogP contribution in [-0.4, -0.2) is 19.6 Å². The first-order valence-corrected chi connectivity index (χ1v) is 6.51. The molecule has 0 saturated heterocycles. The predicted molar refractivity (Wildman–Crippen MR) is 80.1 cm³/mol. The topological polar surface area (TPSA) is 47.7 Å². The Balaban J connectivity index is 0.00000220. The zero-order valence-corrected chi connectivity index (χ0v) is 13.3. The molecule has 0 amide bonds. The molecule has 2 aromatic heterocycles. The molecule has 2 rings (SSSR count). The molecule has 8 heteroatoms. The van der Waals surface area contributed by atoms with E-state index >= 15 is 0 Å². The third-order valence-electron chi connectivity index (χ3n) is 3.22. The van der Waals surface area contributed by atoms with E-state index in [2.05, 4.69) is 29.4 Å². The largest absolute Gasteiger partial charge is 0.378 e. The van der Waals surface area contributed by atoms with Gasteiger partial charge in [-0.15, -0.1) is 12.4 Å². The van der Waals surface area contributed by atoms with E-state index < -0.39 is 6.55 Å². The molecule has 118 valence electrons. The summed E-state index contributed by atoms with van der Waals surface area (Å²) in [5, 5.41) is 11.2. The van der Waals surface area contributed by atoms with Crippen molar-refractivity contribution >= 4 is 18.1 Å². The summed E-state index contributed by atoms with van der Waals surface area (Å²) < 4.78 is 27.7. The lowest BCUT2D eigenvalue weighted by Crippen LogP contribution is -2.06. The molecule has 2 heterocycles. The molecule has 0 bridgehead atoms. The van der Waals surface area contributed by atoms with Gasteiger partial charge in [-0.05, 0) is 27.7 Å². The maximum absolute atomic E-state index is 12.5. The maximum Gasteiger partial charge on any atom is 0.333 e. The highest BCUT2D eigenvalue weighted by Crippen LogP contribution is 2.19. The Hall–Kier alpha value is -1.63. The summed E-state index contributed by atoms with van der Waals surface area (Å²) in [7, 11) is 0. The Bertz CT molecular complexity index is 589. The van der Waals surface area contributed by atoms with Gasteiger partial charge in [0.1, 0.15) is 0 Å². The number of aromatic nitrogens is 4. The van der Waals surface area contributed by atoms with Gasteiger partial charge in [-0.25, -0.2) is 4.68 Å². The number of hydrogen-bond donors (Lipinski definition) is 1. The second kappa shape index (κ2) is 6.89. The average molecular weight is 320 g/mol. The fourth-order valence-electron chi connectivity index (χ4n) is 2.10. The molecule has 0 aliphatic carbocycles. The van der Waals surface area contributed by atoms with Crippen molar-refractivity contribution in [2.45, 2.75) is 46.8 Å². The molecule has 0 spiro atoms. The Morgan fingerprint density at radius 3 is 2.43 bits per heavy atom. The highest BCUT2D eigenvalue weighted by molar-refractivity contribution is 5.85. The predicted octanol–water partition coefficient (Wildman–Crippen LogP) is 3.71. The number of halogens is 3. The SMILES string of the molecule is Cc1nn(C(F)F)cc1NCc1cnn(C(C)C)c1C.Cl. The summed E-state index contributed by atoms with van der Waals surface area (Å²) in [6, 6.07) is 0.298. The van der Waals surface area contributed by atoms with Crippen LogP contribution in [0.15, 0.2) is 12.4 Å². The first kappa shape index (κ1) is 17.4. The molecule has 0 unspecified atom stereocenters. The van der Waals surface area contributed by atoms with Gasteiger partial charge < -0.3 is 5.32 Å². The zero-order valence-electron chi connectivity index (χ0n) is 12.5. The standard InChI is InChI=1S/C13H19F2N5.ClH/c1-8(2)20-10(4)11(6-17-20)5-16-12-7-19(13(14)15)18-9(12)3;/h6-8,13,16H,5H2,1-4H3;1H. The number of nitrogens with one attached hydrogen (secondary N) is 1. The van der Waals surface area contributed by atoms with Crippen LogP contribution in [0.3, 0.4) is 0 Å². The van der Waals surface area contributed by atoms with Crippen LogP contribution in [0.2, 0.25) is 0 Å². The number of alkyl halides is 2. The van der Waals surface area contributed by atoms with Crippen molar-refractivity contribution in [3.63, 3.8) is 0 Å². The third-order valence-corrected chi connectivity index (χ3v) is 3.22. The van der Waals surface area contributed by atoms with Crippen LogP contribution in [0, 0.1) is 13.8 Å². The second-order valence-electron chi connectivity index (χ2n) is 5.03. The number of anilines is 1. The fourth-order valence-corrected chi connectivity index (χ4v) is 2.10. The number of rotatable bonds is 5. The van der Waals surface area contributed by atoms with Crippen LogP contribution in [0.25, 0.3) is 0 Å². The van der Waals surface area contributed by atoms with Crippen LogP contribution in [-0.2, 0) is 6.54 Å². The van der Waals surface area contributed by atoms with E-state index in [0.29, 0.717) is 28.6 Å². The summed E-state index contributed by atoms with van der Waals surface area (Å²) in [6.45, 7) is 5.75. The Morgan fingerprint density at radius 2 is 1.95 bits per heavy atom. The van der Waals surface area contributed by atoms with E-state index in [1.165, 1.54) is 6.20 Å². The average Bonchev–Trinajstić information content (AvgIpc) is 2.91. The first-order valence-electron chi connectivity index (χ1n) is 6.51. The third kappa shape index (κ3) is 3.72. The lowest BCUT2D eigenvalue weighted by molar-refractivity contribution is 0.0563. The first-order chi connectivity index (χ1) is 9.40. The van der Waals surface area contributed by atoms with E-state index in [9.17, 15) is 8.78 Å². The van der Waals surface area contributed by atoms with Gasteiger partial charge in [-0.2, -0.15) is 19.0 Å². The van der Waals surface area contributed by atoms with E-state index in [1.807, 2.05) is 11.6 Å².